The molecule has 168 valence electrons. The van der Waals surface area contributed by atoms with Gasteiger partial charge in [0, 0.05) is 38.3 Å². The highest BCUT2D eigenvalue weighted by Gasteiger charge is 2.28. The van der Waals surface area contributed by atoms with E-state index in [0.29, 0.717) is 21.8 Å². The van der Waals surface area contributed by atoms with Crippen LogP contribution in [-0.2, 0) is 0 Å². The smallest absolute Gasteiger partial charge is 0.287 e. The van der Waals surface area contributed by atoms with E-state index >= 15 is 0 Å². The summed E-state index contributed by atoms with van der Waals surface area (Å²) in [7, 11) is 0. The summed E-state index contributed by atoms with van der Waals surface area (Å²) in [6, 6.07) is 10.1. The van der Waals surface area contributed by atoms with Gasteiger partial charge in [-0.15, -0.1) is 0 Å². The fourth-order valence-corrected chi connectivity index (χ4v) is 5.39. The molecule has 1 unspecified atom stereocenters. The highest BCUT2D eigenvalue weighted by molar-refractivity contribution is 6.43. The normalized spacial score (nSPS) is 23.5. The maximum absolute atomic E-state index is 12.2. The molecule has 1 aromatic carbocycles. The number of nitrogens with zero attached hydrogens (tertiary/aromatic N) is 2. The minimum atomic E-state index is -0.0977. The van der Waals surface area contributed by atoms with Crippen LogP contribution in [0.1, 0.15) is 49.6 Å². The van der Waals surface area contributed by atoms with Crippen LogP contribution in [0.3, 0.4) is 0 Å². The Morgan fingerprint density at radius 2 is 1.84 bits per heavy atom. The van der Waals surface area contributed by atoms with Gasteiger partial charge in [-0.1, -0.05) is 29.3 Å². The van der Waals surface area contributed by atoms with Crippen molar-refractivity contribution >= 4 is 34.8 Å². The molecule has 1 aromatic heterocycles. The van der Waals surface area contributed by atoms with E-state index in [1.54, 1.807) is 12.1 Å². The minimum absolute atomic E-state index is 0.0977. The van der Waals surface area contributed by atoms with Gasteiger partial charge in [-0.2, -0.15) is 0 Å². The first-order valence-corrected chi connectivity index (χ1v) is 12.0. The highest BCUT2D eigenvalue weighted by atomic mass is 35.5. The van der Waals surface area contributed by atoms with Crippen molar-refractivity contribution in [2.45, 2.75) is 51.1 Å². The average molecular weight is 464 g/mol. The molecule has 7 heteroatoms. The number of halogens is 2. The molecule has 0 spiro atoms. The van der Waals surface area contributed by atoms with E-state index in [9.17, 15) is 4.79 Å². The Bertz CT molecular complexity index is 858. The van der Waals surface area contributed by atoms with Gasteiger partial charge in [0.1, 0.15) is 0 Å². The van der Waals surface area contributed by atoms with E-state index in [-0.39, 0.29) is 11.9 Å². The summed E-state index contributed by atoms with van der Waals surface area (Å²) in [4.78, 5) is 17.1. The zero-order valence-electron chi connectivity index (χ0n) is 18.0. The summed E-state index contributed by atoms with van der Waals surface area (Å²) < 4.78 is 5.19. The minimum Gasteiger partial charge on any atom is -0.459 e. The quantitative estimate of drug-likeness (QED) is 0.616. The zero-order chi connectivity index (χ0) is 21.8. The maximum atomic E-state index is 12.2. The second-order valence-electron chi connectivity index (χ2n) is 8.85. The standard InChI is InChI=1S/C24H31Cl2N3O2/c1-17(28-11-13-29(14-12-28)21-5-2-4-20(25)23(21)26)16-18-7-9-19(10-8-18)27-24(30)22-6-3-15-31-22/h2-6,15,17-19H,7-14,16H2,1H3,(H,27,30)/t17?,18-,19-. The van der Waals surface area contributed by atoms with Crippen LogP contribution in [0, 0.1) is 5.92 Å². The van der Waals surface area contributed by atoms with Crippen molar-refractivity contribution in [3.63, 3.8) is 0 Å². The molecule has 1 saturated carbocycles. The number of rotatable bonds is 6. The third kappa shape index (κ3) is 5.57. The summed E-state index contributed by atoms with van der Waals surface area (Å²) in [5.41, 5.74) is 1.04. The van der Waals surface area contributed by atoms with Crippen LogP contribution in [0.2, 0.25) is 10.0 Å². The molecule has 0 radical (unpaired) electrons. The van der Waals surface area contributed by atoms with Crippen LogP contribution >= 0.6 is 23.2 Å². The summed E-state index contributed by atoms with van der Waals surface area (Å²) in [5, 5.41) is 4.39. The number of piperazine rings is 1. The number of amides is 1. The molecule has 1 saturated heterocycles. The van der Waals surface area contributed by atoms with Gasteiger partial charge < -0.3 is 14.6 Å². The van der Waals surface area contributed by atoms with E-state index in [1.165, 1.54) is 25.5 Å². The second-order valence-corrected chi connectivity index (χ2v) is 9.63. The van der Waals surface area contributed by atoms with Gasteiger partial charge in [-0.25, -0.2) is 0 Å². The highest BCUT2D eigenvalue weighted by Crippen LogP contribution is 2.34. The molecular weight excluding hydrogens is 433 g/mol. The van der Waals surface area contributed by atoms with Crippen molar-refractivity contribution in [1.29, 1.82) is 0 Å². The Labute approximate surface area is 194 Å². The van der Waals surface area contributed by atoms with Crippen molar-refractivity contribution in [2.75, 3.05) is 31.1 Å². The van der Waals surface area contributed by atoms with Gasteiger partial charge in [0.25, 0.3) is 5.91 Å². The topological polar surface area (TPSA) is 48.7 Å². The largest absolute Gasteiger partial charge is 0.459 e. The van der Waals surface area contributed by atoms with E-state index < -0.39 is 0 Å². The molecule has 2 aromatic rings. The van der Waals surface area contributed by atoms with E-state index in [4.69, 9.17) is 27.6 Å². The number of benzene rings is 1. The number of hydrogen-bond donors (Lipinski definition) is 1. The van der Waals surface area contributed by atoms with Gasteiger partial charge in [0.05, 0.1) is 22.0 Å². The predicted molar refractivity (Wildman–Crippen MR) is 126 cm³/mol. The summed E-state index contributed by atoms with van der Waals surface area (Å²) in [6.07, 6.45) is 7.19. The van der Waals surface area contributed by atoms with Crippen molar-refractivity contribution in [2.24, 2.45) is 5.92 Å². The Morgan fingerprint density at radius 1 is 1.10 bits per heavy atom. The van der Waals surface area contributed by atoms with Crippen molar-refractivity contribution in [3.8, 4) is 0 Å². The number of furan rings is 1. The second kappa shape index (κ2) is 10.3. The van der Waals surface area contributed by atoms with Gasteiger partial charge in [0.2, 0.25) is 0 Å². The number of hydrogen-bond acceptors (Lipinski definition) is 4. The Morgan fingerprint density at radius 3 is 2.52 bits per heavy atom. The molecule has 5 nitrogen and oxygen atoms in total. The Hall–Kier alpha value is -1.69. The molecule has 0 bridgehead atoms. The van der Waals surface area contributed by atoms with Crippen LogP contribution in [0.15, 0.2) is 41.0 Å². The van der Waals surface area contributed by atoms with Crippen molar-refractivity contribution in [3.05, 3.63) is 52.4 Å². The van der Waals surface area contributed by atoms with Crippen molar-refractivity contribution in [1.82, 2.24) is 10.2 Å². The lowest BCUT2D eigenvalue weighted by Crippen LogP contribution is -2.50. The van der Waals surface area contributed by atoms with Crippen LogP contribution in [0.4, 0.5) is 5.69 Å². The number of anilines is 1. The molecular formula is C24H31Cl2N3O2. The van der Waals surface area contributed by atoms with Crippen molar-refractivity contribution < 1.29 is 9.21 Å². The Kier molecular flexibility index (Phi) is 7.47. The molecule has 2 aliphatic rings. The monoisotopic (exact) mass is 463 g/mol. The molecule has 1 aliphatic heterocycles. The molecule has 31 heavy (non-hydrogen) atoms. The van der Waals surface area contributed by atoms with Gasteiger partial charge in [-0.05, 0) is 69.2 Å². The third-order valence-corrected chi connectivity index (χ3v) is 7.62. The lowest BCUT2D eigenvalue weighted by Gasteiger charge is -2.41. The van der Waals surface area contributed by atoms with Crippen LogP contribution in [0.5, 0.6) is 0 Å². The molecule has 1 N–H and O–H groups in total. The van der Waals surface area contributed by atoms with Crippen LogP contribution in [-0.4, -0.2) is 49.1 Å². The number of carbonyl (C=O) groups is 1. The Balaban J connectivity index is 1.20. The summed E-state index contributed by atoms with van der Waals surface area (Å²) in [6.45, 7) is 6.37. The first-order valence-electron chi connectivity index (χ1n) is 11.3. The zero-order valence-corrected chi connectivity index (χ0v) is 19.5. The molecule has 4 rings (SSSR count). The van der Waals surface area contributed by atoms with E-state index in [0.717, 1.165) is 50.6 Å². The fraction of sp³-hybridized carbons (Fsp3) is 0.542. The third-order valence-electron chi connectivity index (χ3n) is 6.81. The first-order chi connectivity index (χ1) is 15.0. The maximum Gasteiger partial charge on any atom is 0.287 e. The van der Waals surface area contributed by atoms with E-state index in [1.807, 2.05) is 12.1 Å². The van der Waals surface area contributed by atoms with Crippen LogP contribution in [0.25, 0.3) is 0 Å². The van der Waals surface area contributed by atoms with Gasteiger partial charge >= 0.3 is 0 Å². The summed E-state index contributed by atoms with van der Waals surface area (Å²) in [5.74, 6) is 1.03. The molecule has 2 heterocycles. The fourth-order valence-electron chi connectivity index (χ4n) is 4.98. The summed E-state index contributed by atoms with van der Waals surface area (Å²) >= 11 is 12.6. The number of carbonyl (C=O) groups excluding carboxylic acids is 1. The lowest BCUT2D eigenvalue weighted by atomic mass is 9.82. The molecule has 1 aliphatic carbocycles. The van der Waals surface area contributed by atoms with Gasteiger partial charge in [0.15, 0.2) is 5.76 Å². The first kappa shape index (κ1) is 22.5. The van der Waals surface area contributed by atoms with Crippen LogP contribution < -0.4 is 10.2 Å². The molecule has 2 fully saturated rings. The average Bonchev–Trinajstić information content (AvgIpc) is 3.32. The molecule has 1 atom stereocenters. The number of nitrogens with one attached hydrogen (secondary N) is 1. The predicted octanol–water partition coefficient (Wildman–Crippen LogP) is 5.48. The lowest BCUT2D eigenvalue weighted by molar-refractivity contribution is 0.0887. The molecule has 1 amide bonds. The van der Waals surface area contributed by atoms with E-state index in [2.05, 4.69) is 28.1 Å². The van der Waals surface area contributed by atoms with Gasteiger partial charge in [-0.3, -0.25) is 9.69 Å². The SMILES string of the molecule is CC(C[C@H]1CC[C@H](NC(=O)c2ccco2)CC1)N1CCN(c2cccc(Cl)c2Cl)CC1.